The van der Waals surface area contributed by atoms with Crippen molar-refractivity contribution in [3.05, 3.63) is 0 Å². The summed E-state index contributed by atoms with van der Waals surface area (Å²) in [7, 11) is 1.80. The van der Waals surface area contributed by atoms with Crippen LogP contribution in [0.2, 0.25) is 0 Å². The molecule has 0 spiro atoms. The molecule has 1 unspecified atom stereocenters. The molecule has 0 aliphatic rings. The summed E-state index contributed by atoms with van der Waals surface area (Å²) < 4.78 is 5.47. The molecular weight excluding hydrogens is 206 g/mol. The molecule has 0 aliphatic carbocycles. The van der Waals surface area contributed by atoms with Crippen molar-refractivity contribution in [3.63, 3.8) is 0 Å². The van der Waals surface area contributed by atoms with Gasteiger partial charge in [0.05, 0.1) is 6.10 Å². The number of methoxy groups -OCH3 is 1. The Morgan fingerprint density at radius 1 is 1.33 bits per heavy atom. The van der Waals surface area contributed by atoms with Crippen molar-refractivity contribution in [2.24, 2.45) is 5.41 Å². The van der Waals surface area contributed by atoms with Gasteiger partial charge in [-0.1, -0.05) is 27.7 Å². The highest BCUT2D eigenvalue weighted by molar-refractivity contribution is 7.99. The number of hydrogen-bond donors (Lipinski definition) is 1. The summed E-state index contributed by atoms with van der Waals surface area (Å²) in [5, 5.41) is 3.46. The Morgan fingerprint density at radius 2 is 2.00 bits per heavy atom. The Morgan fingerprint density at radius 3 is 2.47 bits per heavy atom. The minimum Gasteiger partial charge on any atom is -0.380 e. The zero-order valence-corrected chi connectivity index (χ0v) is 11.7. The maximum atomic E-state index is 5.47. The number of ether oxygens (including phenoxy) is 1. The fourth-order valence-electron chi connectivity index (χ4n) is 1.42. The van der Waals surface area contributed by atoms with Crippen molar-refractivity contribution in [2.45, 2.75) is 40.2 Å². The monoisotopic (exact) mass is 233 g/mol. The zero-order chi connectivity index (χ0) is 11.7. The molecule has 1 atom stereocenters. The van der Waals surface area contributed by atoms with E-state index in [0.29, 0.717) is 6.10 Å². The van der Waals surface area contributed by atoms with Gasteiger partial charge in [-0.15, -0.1) is 0 Å². The summed E-state index contributed by atoms with van der Waals surface area (Å²) in [6, 6.07) is 0. The molecule has 15 heavy (non-hydrogen) atoms. The first-order chi connectivity index (χ1) is 7.02. The van der Waals surface area contributed by atoms with Gasteiger partial charge >= 0.3 is 0 Å². The summed E-state index contributed by atoms with van der Waals surface area (Å²) in [5.41, 5.74) is 0.222. The molecule has 0 aromatic rings. The van der Waals surface area contributed by atoms with Gasteiger partial charge in [-0.25, -0.2) is 0 Å². The summed E-state index contributed by atoms with van der Waals surface area (Å²) in [5.74, 6) is 2.49. The van der Waals surface area contributed by atoms with Gasteiger partial charge in [0.25, 0.3) is 0 Å². The van der Waals surface area contributed by atoms with E-state index < -0.39 is 0 Å². The Bertz CT molecular complexity index is 145. The molecule has 0 fully saturated rings. The fraction of sp³-hybridized carbons (Fsp3) is 1.00. The van der Waals surface area contributed by atoms with Gasteiger partial charge < -0.3 is 10.1 Å². The smallest absolute Gasteiger partial charge is 0.0743 e. The average Bonchev–Trinajstić information content (AvgIpc) is 2.15. The Hall–Kier alpha value is 0.270. The molecule has 0 aromatic heterocycles. The summed E-state index contributed by atoms with van der Waals surface area (Å²) in [6.07, 6.45) is 1.55. The van der Waals surface area contributed by atoms with Crippen molar-refractivity contribution in [1.29, 1.82) is 0 Å². The molecule has 92 valence electrons. The molecular formula is C12H27NOS. The third-order valence-electron chi connectivity index (χ3n) is 2.43. The van der Waals surface area contributed by atoms with Crippen molar-refractivity contribution in [1.82, 2.24) is 5.32 Å². The van der Waals surface area contributed by atoms with E-state index in [2.05, 4.69) is 33.0 Å². The molecule has 1 N–H and O–H groups in total. The highest BCUT2D eigenvalue weighted by Gasteiger charge is 2.23. The van der Waals surface area contributed by atoms with Crippen LogP contribution >= 0.6 is 11.8 Å². The van der Waals surface area contributed by atoms with Crippen molar-refractivity contribution < 1.29 is 4.74 Å². The highest BCUT2D eigenvalue weighted by Crippen LogP contribution is 2.20. The van der Waals surface area contributed by atoms with Crippen LogP contribution in [0.5, 0.6) is 0 Å². The van der Waals surface area contributed by atoms with Crippen LogP contribution in [0.3, 0.4) is 0 Å². The lowest BCUT2D eigenvalue weighted by atomic mass is 9.89. The standard InChI is InChI=1S/C12H27NOS/c1-6-15-9-7-8-13-10-11(14-5)12(2,3)4/h11,13H,6-10H2,1-5H3. The summed E-state index contributed by atoms with van der Waals surface area (Å²) in [4.78, 5) is 0. The Labute approximate surface area is 99.5 Å². The number of rotatable bonds is 8. The molecule has 0 rings (SSSR count). The predicted octanol–water partition coefficient (Wildman–Crippen LogP) is 2.78. The average molecular weight is 233 g/mol. The molecule has 3 heteroatoms. The largest absolute Gasteiger partial charge is 0.380 e. The quantitative estimate of drug-likeness (QED) is 0.651. The first kappa shape index (κ1) is 15.3. The molecule has 0 heterocycles. The first-order valence-electron chi connectivity index (χ1n) is 5.83. The highest BCUT2D eigenvalue weighted by atomic mass is 32.2. The maximum absolute atomic E-state index is 5.47. The third kappa shape index (κ3) is 8.12. The van der Waals surface area contributed by atoms with Crippen LogP contribution in [-0.2, 0) is 4.74 Å². The van der Waals surface area contributed by atoms with E-state index in [9.17, 15) is 0 Å². The normalized spacial score (nSPS) is 14.2. The third-order valence-corrected chi connectivity index (χ3v) is 3.41. The van der Waals surface area contributed by atoms with Gasteiger partial charge in [-0.05, 0) is 29.9 Å². The predicted molar refractivity (Wildman–Crippen MR) is 70.7 cm³/mol. The second kappa shape index (κ2) is 8.43. The van der Waals surface area contributed by atoms with E-state index in [1.807, 2.05) is 11.8 Å². The maximum Gasteiger partial charge on any atom is 0.0743 e. The molecule has 0 bridgehead atoms. The zero-order valence-electron chi connectivity index (χ0n) is 10.9. The van der Waals surface area contributed by atoms with E-state index in [4.69, 9.17) is 4.74 Å². The fourth-order valence-corrected chi connectivity index (χ4v) is 2.06. The summed E-state index contributed by atoms with van der Waals surface area (Å²) in [6.45, 7) is 10.9. The number of nitrogens with one attached hydrogen (secondary N) is 1. The van der Waals surface area contributed by atoms with Gasteiger partial charge in [0.1, 0.15) is 0 Å². The molecule has 0 saturated carbocycles. The summed E-state index contributed by atoms with van der Waals surface area (Å²) >= 11 is 2.01. The van der Waals surface area contributed by atoms with E-state index in [1.54, 1.807) is 7.11 Å². The molecule has 0 saturated heterocycles. The van der Waals surface area contributed by atoms with Crippen molar-refractivity contribution in [2.75, 3.05) is 31.7 Å². The van der Waals surface area contributed by atoms with Gasteiger partial charge in [0.15, 0.2) is 0 Å². The van der Waals surface area contributed by atoms with Crippen LogP contribution < -0.4 is 5.32 Å². The molecule has 0 aliphatic heterocycles. The number of hydrogen-bond acceptors (Lipinski definition) is 3. The Balaban J connectivity index is 3.48. The van der Waals surface area contributed by atoms with Crippen LogP contribution in [0.1, 0.15) is 34.1 Å². The lowest BCUT2D eigenvalue weighted by Crippen LogP contribution is -2.38. The topological polar surface area (TPSA) is 21.3 Å². The van der Waals surface area contributed by atoms with Gasteiger partial charge in [0, 0.05) is 13.7 Å². The minimum absolute atomic E-state index is 0.222. The molecule has 0 radical (unpaired) electrons. The van der Waals surface area contributed by atoms with Crippen LogP contribution in [-0.4, -0.2) is 37.8 Å². The van der Waals surface area contributed by atoms with E-state index in [0.717, 1.165) is 13.1 Å². The van der Waals surface area contributed by atoms with Gasteiger partial charge in [-0.3, -0.25) is 0 Å². The van der Waals surface area contributed by atoms with E-state index >= 15 is 0 Å². The molecule has 0 amide bonds. The van der Waals surface area contributed by atoms with Crippen LogP contribution in [0.4, 0.5) is 0 Å². The minimum atomic E-state index is 0.222. The van der Waals surface area contributed by atoms with Crippen LogP contribution in [0.25, 0.3) is 0 Å². The lowest BCUT2D eigenvalue weighted by Gasteiger charge is -2.29. The van der Waals surface area contributed by atoms with Crippen LogP contribution in [0, 0.1) is 5.41 Å². The lowest BCUT2D eigenvalue weighted by molar-refractivity contribution is 0.0177. The van der Waals surface area contributed by atoms with Crippen molar-refractivity contribution in [3.8, 4) is 0 Å². The second-order valence-corrected chi connectivity index (χ2v) is 6.24. The second-order valence-electron chi connectivity index (χ2n) is 4.84. The van der Waals surface area contributed by atoms with Crippen LogP contribution in [0.15, 0.2) is 0 Å². The Kier molecular flexibility index (Phi) is 8.58. The SMILES string of the molecule is CCSCCCNCC(OC)C(C)(C)C. The number of thioether (sulfide) groups is 1. The van der Waals surface area contributed by atoms with Gasteiger partial charge in [0.2, 0.25) is 0 Å². The van der Waals surface area contributed by atoms with Crippen molar-refractivity contribution >= 4 is 11.8 Å². The van der Waals surface area contributed by atoms with E-state index in [-0.39, 0.29) is 5.41 Å². The molecule has 2 nitrogen and oxygen atoms in total. The van der Waals surface area contributed by atoms with Gasteiger partial charge in [-0.2, -0.15) is 11.8 Å². The first-order valence-corrected chi connectivity index (χ1v) is 6.99. The molecule has 0 aromatic carbocycles. The van der Waals surface area contributed by atoms with E-state index in [1.165, 1.54) is 17.9 Å².